The van der Waals surface area contributed by atoms with Crippen molar-refractivity contribution in [3.8, 4) is 0 Å². The van der Waals surface area contributed by atoms with Gasteiger partial charge in [0, 0.05) is 28.1 Å². The molecule has 1 atom stereocenters. The topological polar surface area (TPSA) is 58.2 Å². The molecule has 4 nitrogen and oxygen atoms in total. The standard InChI is InChI=1S/C14H24N2O2S3/c1-3-6-15-9-12-8-13(10-19-12)21(17,18)16-11-14(2)5-4-7-20-14/h8,10,15-16H,3-7,9,11H2,1-2H3. The van der Waals surface area contributed by atoms with Crippen LogP contribution in [0.15, 0.2) is 16.3 Å². The molecule has 1 aliphatic heterocycles. The number of thioether (sulfide) groups is 1. The number of sulfonamides is 1. The van der Waals surface area contributed by atoms with Gasteiger partial charge in [-0.15, -0.1) is 11.3 Å². The first kappa shape index (κ1) is 17.3. The fourth-order valence-corrected chi connectivity index (χ4v) is 6.04. The minimum absolute atomic E-state index is 0.0502. The maximum absolute atomic E-state index is 12.3. The van der Waals surface area contributed by atoms with Crippen molar-refractivity contribution >= 4 is 33.1 Å². The van der Waals surface area contributed by atoms with Gasteiger partial charge >= 0.3 is 0 Å². The second-order valence-electron chi connectivity index (χ2n) is 5.65. The molecule has 1 unspecified atom stereocenters. The minimum atomic E-state index is -3.38. The highest BCUT2D eigenvalue weighted by atomic mass is 32.2. The summed E-state index contributed by atoms with van der Waals surface area (Å²) in [6.45, 7) is 6.46. The molecule has 0 aromatic carbocycles. The van der Waals surface area contributed by atoms with Crippen LogP contribution < -0.4 is 10.0 Å². The van der Waals surface area contributed by atoms with Crippen molar-refractivity contribution in [1.82, 2.24) is 10.0 Å². The number of thiophene rings is 1. The Bertz CT molecular complexity index is 548. The molecule has 7 heteroatoms. The highest BCUT2D eigenvalue weighted by Gasteiger charge is 2.31. The van der Waals surface area contributed by atoms with Crippen LogP contribution in [0.4, 0.5) is 0 Å². The largest absolute Gasteiger partial charge is 0.312 e. The summed E-state index contributed by atoms with van der Waals surface area (Å²) in [6, 6.07) is 1.78. The third kappa shape index (κ3) is 4.96. The zero-order valence-corrected chi connectivity index (χ0v) is 15.1. The smallest absolute Gasteiger partial charge is 0.241 e. The maximum Gasteiger partial charge on any atom is 0.241 e. The van der Waals surface area contributed by atoms with Crippen molar-refractivity contribution in [2.24, 2.45) is 0 Å². The predicted molar refractivity (Wildman–Crippen MR) is 91.6 cm³/mol. The second kappa shape index (κ2) is 7.46. The first-order valence-electron chi connectivity index (χ1n) is 7.37. The van der Waals surface area contributed by atoms with Gasteiger partial charge in [0.15, 0.2) is 0 Å². The predicted octanol–water partition coefficient (Wildman–Crippen LogP) is 2.81. The molecule has 21 heavy (non-hydrogen) atoms. The van der Waals surface area contributed by atoms with E-state index in [9.17, 15) is 8.42 Å². The Kier molecular flexibility index (Phi) is 6.14. The Morgan fingerprint density at radius 1 is 1.43 bits per heavy atom. The zero-order valence-electron chi connectivity index (χ0n) is 12.6. The van der Waals surface area contributed by atoms with Crippen molar-refractivity contribution in [2.45, 2.75) is 49.3 Å². The molecule has 0 radical (unpaired) electrons. The van der Waals surface area contributed by atoms with Gasteiger partial charge in [-0.05, 0) is 44.6 Å². The van der Waals surface area contributed by atoms with E-state index in [1.165, 1.54) is 17.8 Å². The van der Waals surface area contributed by atoms with E-state index in [-0.39, 0.29) is 4.75 Å². The summed E-state index contributed by atoms with van der Waals surface area (Å²) in [4.78, 5) is 1.46. The molecule has 1 aromatic heterocycles. The van der Waals surface area contributed by atoms with Crippen LogP contribution in [-0.4, -0.2) is 32.0 Å². The lowest BCUT2D eigenvalue weighted by Gasteiger charge is -2.22. The normalized spacial score (nSPS) is 22.8. The van der Waals surface area contributed by atoms with E-state index < -0.39 is 10.0 Å². The van der Waals surface area contributed by atoms with Crippen LogP contribution in [0.5, 0.6) is 0 Å². The SMILES string of the molecule is CCCNCc1cc(S(=O)(=O)NCC2(C)CCCS2)cs1. The number of hydrogen-bond acceptors (Lipinski definition) is 5. The summed E-state index contributed by atoms with van der Waals surface area (Å²) in [5.74, 6) is 1.13. The maximum atomic E-state index is 12.3. The summed E-state index contributed by atoms with van der Waals surface area (Å²) in [5, 5.41) is 5.02. The van der Waals surface area contributed by atoms with Crippen molar-refractivity contribution < 1.29 is 8.42 Å². The van der Waals surface area contributed by atoms with E-state index in [0.717, 1.165) is 36.6 Å². The van der Waals surface area contributed by atoms with Crippen LogP contribution in [0, 0.1) is 0 Å². The fraction of sp³-hybridized carbons (Fsp3) is 0.714. The van der Waals surface area contributed by atoms with Gasteiger partial charge < -0.3 is 5.32 Å². The van der Waals surface area contributed by atoms with E-state index >= 15 is 0 Å². The molecule has 1 saturated heterocycles. The van der Waals surface area contributed by atoms with Gasteiger partial charge in [0.25, 0.3) is 0 Å². The quantitative estimate of drug-likeness (QED) is 0.709. The number of nitrogens with one attached hydrogen (secondary N) is 2. The van der Waals surface area contributed by atoms with Crippen LogP contribution in [0.25, 0.3) is 0 Å². The molecule has 0 saturated carbocycles. The molecule has 2 rings (SSSR count). The van der Waals surface area contributed by atoms with Crippen LogP contribution in [0.1, 0.15) is 38.0 Å². The lowest BCUT2D eigenvalue weighted by Crippen LogP contribution is -2.36. The Morgan fingerprint density at radius 2 is 2.24 bits per heavy atom. The molecular weight excluding hydrogens is 324 g/mol. The van der Waals surface area contributed by atoms with Crippen LogP contribution >= 0.6 is 23.1 Å². The van der Waals surface area contributed by atoms with Gasteiger partial charge in [0.2, 0.25) is 10.0 Å². The molecule has 2 heterocycles. The molecule has 0 bridgehead atoms. The lowest BCUT2D eigenvalue weighted by molar-refractivity contribution is 0.552. The molecule has 1 fully saturated rings. The Hall–Kier alpha value is -0.0800. The molecular formula is C14H24N2O2S3. The van der Waals surface area contributed by atoms with Gasteiger partial charge in [0.05, 0.1) is 4.90 Å². The highest BCUT2D eigenvalue weighted by molar-refractivity contribution is 8.01. The summed E-state index contributed by atoms with van der Waals surface area (Å²) >= 11 is 3.36. The first-order valence-corrected chi connectivity index (χ1v) is 10.7. The molecule has 2 N–H and O–H groups in total. The van der Waals surface area contributed by atoms with E-state index in [4.69, 9.17) is 0 Å². The van der Waals surface area contributed by atoms with E-state index in [0.29, 0.717) is 11.4 Å². The summed E-state index contributed by atoms with van der Waals surface area (Å²) in [6.07, 6.45) is 3.33. The molecule has 0 spiro atoms. The third-order valence-corrected chi connectivity index (χ3v) is 7.61. The Morgan fingerprint density at radius 3 is 2.90 bits per heavy atom. The average molecular weight is 349 g/mol. The highest BCUT2D eigenvalue weighted by Crippen LogP contribution is 2.37. The van der Waals surface area contributed by atoms with Crippen LogP contribution in [0.2, 0.25) is 0 Å². The van der Waals surface area contributed by atoms with Gasteiger partial charge in [-0.2, -0.15) is 11.8 Å². The van der Waals surface area contributed by atoms with Crippen LogP contribution in [0.3, 0.4) is 0 Å². The summed E-state index contributed by atoms with van der Waals surface area (Å²) in [7, 11) is -3.38. The van der Waals surface area contributed by atoms with Gasteiger partial charge in [-0.1, -0.05) is 6.92 Å². The van der Waals surface area contributed by atoms with Gasteiger partial charge in [0.1, 0.15) is 0 Å². The minimum Gasteiger partial charge on any atom is -0.312 e. The Balaban J connectivity index is 1.92. The lowest BCUT2D eigenvalue weighted by atomic mass is 10.1. The third-order valence-electron chi connectivity index (χ3n) is 3.60. The zero-order chi connectivity index (χ0) is 15.3. The summed E-state index contributed by atoms with van der Waals surface area (Å²) in [5.41, 5.74) is 0. The number of hydrogen-bond donors (Lipinski definition) is 2. The first-order chi connectivity index (χ1) is 9.95. The van der Waals surface area contributed by atoms with Crippen molar-refractivity contribution in [1.29, 1.82) is 0 Å². The Labute approximate surface area is 136 Å². The molecule has 1 aromatic rings. The van der Waals surface area contributed by atoms with Crippen molar-refractivity contribution in [3.63, 3.8) is 0 Å². The van der Waals surface area contributed by atoms with Gasteiger partial charge in [-0.3, -0.25) is 0 Å². The fourth-order valence-electron chi connectivity index (χ4n) is 2.29. The summed E-state index contributed by atoms with van der Waals surface area (Å²) < 4.78 is 27.5. The second-order valence-corrected chi connectivity index (χ2v) is 10.1. The van der Waals surface area contributed by atoms with Crippen molar-refractivity contribution in [3.05, 3.63) is 16.3 Å². The monoisotopic (exact) mass is 348 g/mol. The average Bonchev–Trinajstić information content (AvgIpc) is 3.07. The van der Waals surface area contributed by atoms with E-state index in [2.05, 4.69) is 23.9 Å². The van der Waals surface area contributed by atoms with Crippen molar-refractivity contribution in [2.75, 3.05) is 18.8 Å². The molecule has 0 aliphatic carbocycles. The van der Waals surface area contributed by atoms with E-state index in [1.54, 1.807) is 11.4 Å². The van der Waals surface area contributed by atoms with Gasteiger partial charge in [-0.25, -0.2) is 13.1 Å². The van der Waals surface area contributed by atoms with E-state index in [1.807, 2.05) is 11.8 Å². The number of rotatable bonds is 8. The van der Waals surface area contributed by atoms with Crippen LogP contribution in [-0.2, 0) is 16.6 Å². The molecule has 1 aliphatic rings. The molecule has 120 valence electrons. The molecule has 0 amide bonds.